The predicted molar refractivity (Wildman–Crippen MR) is 123 cm³/mol. The third-order valence-corrected chi connectivity index (χ3v) is 6.17. The number of allylic oxidation sites excluding steroid dienone is 3. The average Bonchev–Trinajstić information content (AvgIpc) is 3.32. The smallest absolute Gasteiger partial charge is 0.317 e. The molecule has 5 heteroatoms. The molecule has 0 bridgehead atoms. The van der Waals surface area contributed by atoms with Crippen molar-refractivity contribution in [1.29, 1.82) is 0 Å². The van der Waals surface area contributed by atoms with Gasteiger partial charge >= 0.3 is 5.97 Å². The van der Waals surface area contributed by atoms with E-state index in [1.165, 1.54) is 4.88 Å². The van der Waals surface area contributed by atoms with Crippen molar-refractivity contribution in [1.82, 2.24) is 0 Å². The first kappa shape index (κ1) is 21.9. The van der Waals surface area contributed by atoms with E-state index in [2.05, 4.69) is 18.1 Å². The molecule has 1 heterocycles. The molecule has 1 aromatic carbocycles. The number of carbonyl (C=O) groups excluding carboxylic acids is 2. The maximum Gasteiger partial charge on any atom is 0.349 e. The standard InChI is InChI=1S/C25H27NO3S/c1-2-3-4-6-10-22(27)19-26-29-24(28)25(16-7-5-8-17-25)21-14-12-20(13-15-21)23-11-9-18-30-23/h5,7-9,11-16,18-19H,2-4,6,10,17H2,1H3. The molecule has 4 nitrogen and oxygen atoms in total. The van der Waals surface area contributed by atoms with Gasteiger partial charge in [0.2, 0.25) is 0 Å². The highest BCUT2D eigenvalue weighted by Gasteiger charge is 2.40. The van der Waals surface area contributed by atoms with Crippen LogP contribution in [0, 0.1) is 0 Å². The molecule has 0 spiro atoms. The Morgan fingerprint density at radius 3 is 2.63 bits per heavy atom. The van der Waals surface area contributed by atoms with Crippen molar-refractivity contribution in [3.05, 3.63) is 71.6 Å². The Kier molecular flexibility index (Phi) is 7.91. The lowest BCUT2D eigenvalue weighted by Crippen LogP contribution is -2.35. The SMILES string of the molecule is CCCCCCC(=O)C=NOC(=O)C1(c2ccc(-c3cccs3)cc2)C=CC=CC1. The molecule has 1 atom stereocenters. The summed E-state index contributed by atoms with van der Waals surface area (Å²) in [5, 5.41) is 5.74. The third kappa shape index (κ3) is 5.42. The molecule has 1 unspecified atom stereocenters. The minimum absolute atomic E-state index is 0.118. The Morgan fingerprint density at radius 2 is 1.97 bits per heavy atom. The molecule has 0 saturated heterocycles. The molecule has 0 N–H and O–H groups in total. The number of Topliss-reactive ketones (excluding diaryl/α,β-unsaturated/α-hetero) is 1. The van der Waals surface area contributed by atoms with E-state index in [-0.39, 0.29) is 5.78 Å². The van der Waals surface area contributed by atoms with Crippen molar-refractivity contribution in [2.24, 2.45) is 5.16 Å². The second kappa shape index (κ2) is 10.8. The van der Waals surface area contributed by atoms with Crippen LogP contribution in [0.25, 0.3) is 10.4 Å². The first-order valence-electron chi connectivity index (χ1n) is 10.4. The molecule has 2 aromatic rings. The largest absolute Gasteiger partial charge is 0.349 e. The molecule has 0 aliphatic heterocycles. The highest BCUT2D eigenvalue weighted by atomic mass is 32.1. The molecular weight excluding hydrogens is 394 g/mol. The Balaban J connectivity index is 1.68. The Bertz CT molecular complexity index is 926. The molecule has 30 heavy (non-hydrogen) atoms. The summed E-state index contributed by atoms with van der Waals surface area (Å²) in [6.45, 7) is 2.13. The highest BCUT2D eigenvalue weighted by molar-refractivity contribution is 7.13. The lowest BCUT2D eigenvalue weighted by molar-refractivity contribution is -0.148. The van der Waals surface area contributed by atoms with Crippen LogP contribution < -0.4 is 0 Å². The summed E-state index contributed by atoms with van der Waals surface area (Å²) in [6, 6.07) is 12.0. The van der Waals surface area contributed by atoms with Gasteiger partial charge in [-0.3, -0.25) is 4.79 Å². The second-order valence-electron chi connectivity index (χ2n) is 7.41. The van der Waals surface area contributed by atoms with Gasteiger partial charge in [0.15, 0.2) is 5.78 Å². The van der Waals surface area contributed by atoms with Gasteiger partial charge in [-0.2, -0.15) is 0 Å². The van der Waals surface area contributed by atoms with Crippen molar-refractivity contribution >= 4 is 29.3 Å². The van der Waals surface area contributed by atoms with Gasteiger partial charge < -0.3 is 4.84 Å². The fourth-order valence-corrected chi connectivity index (χ4v) is 4.22. The van der Waals surface area contributed by atoms with Gasteiger partial charge in [-0.05, 0) is 35.4 Å². The first-order chi connectivity index (χ1) is 14.7. The summed E-state index contributed by atoms with van der Waals surface area (Å²) in [7, 11) is 0. The van der Waals surface area contributed by atoms with Gasteiger partial charge in [-0.1, -0.05) is 86.0 Å². The van der Waals surface area contributed by atoms with Crippen LogP contribution in [0.4, 0.5) is 0 Å². The fourth-order valence-electron chi connectivity index (χ4n) is 3.48. The van der Waals surface area contributed by atoms with Crippen LogP contribution in [0.5, 0.6) is 0 Å². The average molecular weight is 422 g/mol. The van der Waals surface area contributed by atoms with Gasteiger partial charge in [0, 0.05) is 11.3 Å². The van der Waals surface area contributed by atoms with Crippen LogP contribution in [0.1, 0.15) is 51.0 Å². The van der Waals surface area contributed by atoms with Crippen molar-refractivity contribution in [3.63, 3.8) is 0 Å². The highest BCUT2D eigenvalue weighted by Crippen LogP contribution is 2.36. The van der Waals surface area contributed by atoms with E-state index in [0.717, 1.165) is 43.0 Å². The minimum Gasteiger partial charge on any atom is -0.317 e. The van der Waals surface area contributed by atoms with Crippen LogP contribution in [-0.4, -0.2) is 18.0 Å². The van der Waals surface area contributed by atoms with E-state index in [0.29, 0.717) is 12.8 Å². The van der Waals surface area contributed by atoms with Gasteiger partial charge in [0.25, 0.3) is 0 Å². The molecule has 0 amide bonds. The zero-order valence-corrected chi connectivity index (χ0v) is 18.1. The van der Waals surface area contributed by atoms with Crippen LogP contribution in [0.3, 0.4) is 0 Å². The van der Waals surface area contributed by atoms with E-state index in [9.17, 15) is 9.59 Å². The van der Waals surface area contributed by atoms with Crippen molar-refractivity contribution in [2.75, 3.05) is 0 Å². The van der Waals surface area contributed by atoms with Crippen LogP contribution in [-0.2, 0) is 19.8 Å². The maximum atomic E-state index is 13.0. The third-order valence-electron chi connectivity index (χ3n) is 5.25. The summed E-state index contributed by atoms with van der Waals surface area (Å²) in [4.78, 5) is 31.2. The molecule has 1 aliphatic carbocycles. The number of carbonyl (C=O) groups is 2. The number of benzene rings is 1. The zero-order valence-electron chi connectivity index (χ0n) is 17.3. The van der Waals surface area contributed by atoms with Gasteiger partial charge in [0.05, 0.1) is 0 Å². The quantitative estimate of drug-likeness (QED) is 0.197. The van der Waals surface area contributed by atoms with Crippen LogP contribution in [0.15, 0.2) is 71.2 Å². The molecular formula is C25H27NO3S. The summed E-state index contributed by atoms with van der Waals surface area (Å²) in [5.41, 5.74) is 1.01. The molecule has 0 fully saturated rings. The molecule has 3 rings (SSSR count). The lowest BCUT2D eigenvalue weighted by atomic mass is 9.75. The summed E-state index contributed by atoms with van der Waals surface area (Å²) in [5.74, 6) is -0.602. The van der Waals surface area contributed by atoms with Gasteiger partial charge in [0.1, 0.15) is 11.6 Å². The monoisotopic (exact) mass is 421 g/mol. The number of unbranched alkanes of at least 4 members (excludes halogenated alkanes) is 3. The number of oxime groups is 1. The predicted octanol–water partition coefficient (Wildman–Crippen LogP) is 6.24. The Labute approximate surface area is 182 Å². The number of hydrogen-bond acceptors (Lipinski definition) is 5. The van der Waals surface area contributed by atoms with Crippen LogP contribution in [0.2, 0.25) is 0 Å². The maximum absolute atomic E-state index is 13.0. The number of hydrogen-bond donors (Lipinski definition) is 0. The summed E-state index contributed by atoms with van der Waals surface area (Å²) in [6.07, 6.45) is 13.7. The number of nitrogens with zero attached hydrogens (tertiary/aromatic N) is 1. The number of rotatable bonds is 10. The lowest BCUT2D eigenvalue weighted by Gasteiger charge is -2.28. The Morgan fingerprint density at radius 1 is 1.13 bits per heavy atom. The second-order valence-corrected chi connectivity index (χ2v) is 8.36. The van der Waals surface area contributed by atoms with Crippen molar-refractivity contribution in [2.45, 2.75) is 50.9 Å². The molecule has 0 radical (unpaired) electrons. The minimum atomic E-state index is -0.940. The van der Waals surface area contributed by atoms with Gasteiger partial charge in [-0.25, -0.2) is 4.79 Å². The molecule has 0 saturated carbocycles. The first-order valence-corrected chi connectivity index (χ1v) is 11.3. The fraction of sp³-hybridized carbons (Fsp3) is 0.320. The van der Waals surface area contributed by atoms with Crippen molar-refractivity contribution < 1.29 is 14.4 Å². The molecule has 1 aliphatic rings. The van der Waals surface area contributed by atoms with Crippen molar-refractivity contribution in [3.8, 4) is 10.4 Å². The van der Waals surface area contributed by atoms with E-state index in [4.69, 9.17) is 4.84 Å². The Hall–Kier alpha value is -2.79. The van der Waals surface area contributed by atoms with E-state index < -0.39 is 11.4 Å². The van der Waals surface area contributed by atoms with E-state index in [1.807, 2.05) is 60.0 Å². The molecule has 1 aromatic heterocycles. The van der Waals surface area contributed by atoms with E-state index >= 15 is 0 Å². The number of thiophene rings is 1. The molecule has 156 valence electrons. The normalized spacial score (nSPS) is 18.0. The van der Waals surface area contributed by atoms with E-state index in [1.54, 1.807) is 11.3 Å². The summed E-state index contributed by atoms with van der Waals surface area (Å²) < 4.78 is 0. The summed E-state index contributed by atoms with van der Waals surface area (Å²) >= 11 is 1.68. The zero-order chi connectivity index (χ0) is 21.2. The topological polar surface area (TPSA) is 55.7 Å². The van der Waals surface area contributed by atoms with Crippen LogP contribution >= 0.6 is 11.3 Å². The van der Waals surface area contributed by atoms with Gasteiger partial charge in [-0.15, -0.1) is 11.3 Å². The number of ketones is 1.